The largest absolute Gasteiger partial charge is 0.342 e. The molecule has 2 saturated heterocycles. The number of carbonyl (C=O) groups excluding carboxylic acids is 3. The molecule has 0 N–H and O–H groups in total. The minimum Gasteiger partial charge on any atom is -0.342 e. The average Bonchev–Trinajstić information content (AvgIpc) is 3.13. The third-order valence-corrected chi connectivity index (χ3v) is 6.44. The Balaban J connectivity index is 1.42. The van der Waals surface area contributed by atoms with E-state index in [1.54, 1.807) is 11.8 Å². The van der Waals surface area contributed by atoms with Crippen molar-refractivity contribution in [2.75, 3.05) is 32.7 Å². The highest BCUT2D eigenvalue weighted by Crippen LogP contribution is 2.27. The summed E-state index contributed by atoms with van der Waals surface area (Å²) >= 11 is 0. The van der Waals surface area contributed by atoms with Gasteiger partial charge in [-0.05, 0) is 19.8 Å². The second kappa shape index (κ2) is 8.08. The molecule has 4 heterocycles. The molecule has 4 rings (SSSR count). The molecule has 2 fully saturated rings. The van der Waals surface area contributed by atoms with Crippen molar-refractivity contribution in [1.29, 1.82) is 0 Å². The van der Waals surface area contributed by atoms with E-state index < -0.39 is 0 Å². The summed E-state index contributed by atoms with van der Waals surface area (Å²) in [6.45, 7) is 7.37. The molecular weight excluding hydrogens is 370 g/mol. The van der Waals surface area contributed by atoms with Gasteiger partial charge in [-0.15, -0.1) is 0 Å². The Morgan fingerprint density at radius 1 is 1.21 bits per heavy atom. The van der Waals surface area contributed by atoms with E-state index in [1.807, 2.05) is 22.9 Å². The van der Waals surface area contributed by atoms with E-state index in [9.17, 15) is 14.4 Å². The van der Waals surface area contributed by atoms with Gasteiger partial charge in [-0.2, -0.15) is 0 Å². The first-order chi connectivity index (χ1) is 14.0. The maximum Gasteiger partial charge on any atom is 0.228 e. The number of amides is 3. The van der Waals surface area contributed by atoms with Crippen LogP contribution in [0.3, 0.4) is 0 Å². The van der Waals surface area contributed by atoms with Crippen molar-refractivity contribution >= 4 is 17.7 Å². The second-order valence-electron chi connectivity index (χ2n) is 8.35. The van der Waals surface area contributed by atoms with Gasteiger partial charge in [0.15, 0.2) is 0 Å². The van der Waals surface area contributed by atoms with Crippen LogP contribution in [-0.4, -0.2) is 75.1 Å². The van der Waals surface area contributed by atoms with Crippen LogP contribution in [-0.2, 0) is 27.3 Å². The van der Waals surface area contributed by atoms with E-state index in [2.05, 4.69) is 4.98 Å². The van der Waals surface area contributed by atoms with Crippen molar-refractivity contribution in [3.8, 4) is 0 Å². The molecule has 0 unspecified atom stereocenters. The number of aromatic nitrogens is 2. The summed E-state index contributed by atoms with van der Waals surface area (Å²) in [4.78, 5) is 51.4. The van der Waals surface area contributed by atoms with E-state index >= 15 is 0 Å². The Morgan fingerprint density at radius 3 is 2.76 bits per heavy atom. The first kappa shape index (κ1) is 19.8. The van der Waals surface area contributed by atoms with E-state index in [0.717, 1.165) is 36.5 Å². The first-order valence-electron chi connectivity index (χ1n) is 10.6. The van der Waals surface area contributed by atoms with Crippen molar-refractivity contribution in [2.24, 2.45) is 5.92 Å². The zero-order chi connectivity index (χ0) is 20.5. The number of fused-ring (bicyclic) bond motifs is 1. The van der Waals surface area contributed by atoms with Crippen LogP contribution in [0.2, 0.25) is 0 Å². The molecule has 3 aliphatic rings. The molecule has 0 spiro atoms. The maximum absolute atomic E-state index is 12.9. The molecule has 8 heteroatoms. The number of piperidine rings is 1. The Hall–Kier alpha value is -2.51. The fourth-order valence-electron chi connectivity index (χ4n) is 4.69. The monoisotopic (exact) mass is 399 g/mol. The highest BCUT2D eigenvalue weighted by atomic mass is 16.2. The molecule has 3 aliphatic heterocycles. The summed E-state index contributed by atoms with van der Waals surface area (Å²) < 4.78 is 0. The lowest BCUT2D eigenvalue weighted by atomic mass is 9.96. The Bertz CT molecular complexity index is 827. The number of nitrogens with zero attached hydrogens (tertiary/aromatic N) is 5. The molecule has 0 saturated carbocycles. The van der Waals surface area contributed by atoms with Gasteiger partial charge in [0.2, 0.25) is 17.7 Å². The van der Waals surface area contributed by atoms with Crippen LogP contribution in [0.15, 0.2) is 6.20 Å². The summed E-state index contributed by atoms with van der Waals surface area (Å²) in [5.74, 6) is 1.01. The summed E-state index contributed by atoms with van der Waals surface area (Å²) in [5.41, 5.74) is 2.00. The second-order valence-corrected chi connectivity index (χ2v) is 8.35. The predicted molar refractivity (Wildman–Crippen MR) is 106 cm³/mol. The van der Waals surface area contributed by atoms with Gasteiger partial charge in [-0.3, -0.25) is 14.4 Å². The van der Waals surface area contributed by atoms with E-state index in [4.69, 9.17) is 4.98 Å². The quantitative estimate of drug-likeness (QED) is 0.756. The van der Waals surface area contributed by atoms with Crippen LogP contribution in [0.5, 0.6) is 0 Å². The fourth-order valence-corrected chi connectivity index (χ4v) is 4.69. The van der Waals surface area contributed by atoms with E-state index in [0.29, 0.717) is 45.6 Å². The van der Waals surface area contributed by atoms with Gasteiger partial charge in [-0.25, -0.2) is 9.97 Å². The highest BCUT2D eigenvalue weighted by Gasteiger charge is 2.37. The van der Waals surface area contributed by atoms with Gasteiger partial charge >= 0.3 is 0 Å². The fraction of sp³-hybridized carbons (Fsp3) is 0.667. The smallest absolute Gasteiger partial charge is 0.228 e. The zero-order valence-electron chi connectivity index (χ0n) is 17.3. The standard InChI is InChI=1S/C21H29N5O3/c1-3-24-12-16(9-19(24)28)21(29)26-8-6-18-17(13-26)10-22-20(23-18)15-5-4-7-25(11-15)14(2)27/h10,15-16H,3-9,11-13H2,1-2H3/t15-,16-/m1/s1. The molecule has 0 aliphatic carbocycles. The molecule has 0 radical (unpaired) electrons. The van der Waals surface area contributed by atoms with Crippen LogP contribution < -0.4 is 0 Å². The normalized spacial score (nSPS) is 24.6. The predicted octanol–water partition coefficient (Wildman–Crippen LogP) is 0.956. The molecule has 0 aromatic carbocycles. The van der Waals surface area contributed by atoms with E-state index in [1.165, 1.54) is 0 Å². The zero-order valence-corrected chi connectivity index (χ0v) is 17.3. The topological polar surface area (TPSA) is 86.7 Å². The molecule has 2 atom stereocenters. The number of likely N-dealkylation sites (tertiary alicyclic amines) is 2. The van der Waals surface area contributed by atoms with Gasteiger partial charge in [0.05, 0.1) is 11.6 Å². The van der Waals surface area contributed by atoms with Gasteiger partial charge < -0.3 is 14.7 Å². The minimum atomic E-state index is -0.232. The Morgan fingerprint density at radius 2 is 2.03 bits per heavy atom. The number of hydrogen-bond donors (Lipinski definition) is 0. The number of hydrogen-bond acceptors (Lipinski definition) is 5. The van der Waals surface area contributed by atoms with Gasteiger partial charge in [0, 0.05) is 76.7 Å². The third-order valence-electron chi connectivity index (χ3n) is 6.44. The molecule has 1 aromatic rings. The van der Waals surface area contributed by atoms with Crippen molar-refractivity contribution in [3.63, 3.8) is 0 Å². The van der Waals surface area contributed by atoms with Gasteiger partial charge in [0.25, 0.3) is 0 Å². The van der Waals surface area contributed by atoms with E-state index in [-0.39, 0.29) is 29.6 Å². The van der Waals surface area contributed by atoms with Crippen LogP contribution in [0.25, 0.3) is 0 Å². The summed E-state index contributed by atoms with van der Waals surface area (Å²) in [5, 5.41) is 0. The molecule has 8 nitrogen and oxygen atoms in total. The summed E-state index contributed by atoms with van der Waals surface area (Å²) in [7, 11) is 0. The lowest BCUT2D eigenvalue weighted by molar-refractivity contribution is -0.136. The Labute approximate surface area is 171 Å². The number of rotatable bonds is 3. The molecular formula is C21H29N5O3. The molecule has 1 aromatic heterocycles. The highest BCUT2D eigenvalue weighted by molar-refractivity contribution is 5.89. The SMILES string of the molecule is CCN1C[C@H](C(=O)N2CCc3nc([C@@H]4CCCN(C(C)=O)C4)ncc3C2)CC1=O. The van der Waals surface area contributed by atoms with Crippen molar-refractivity contribution in [2.45, 2.75) is 52.0 Å². The van der Waals surface area contributed by atoms with Gasteiger partial charge in [-0.1, -0.05) is 0 Å². The maximum atomic E-state index is 12.9. The number of carbonyl (C=O) groups is 3. The molecule has 156 valence electrons. The molecule has 29 heavy (non-hydrogen) atoms. The van der Waals surface area contributed by atoms with Crippen LogP contribution in [0.1, 0.15) is 56.1 Å². The van der Waals surface area contributed by atoms with Crippen molar-refractivity contribution < 1.29 is 14.4 Å². The van der Waals surface area contributed by atoms with Crippen LogP contribution >= 0.6 is 0 Å². The van der Waals surface area contributed by atoms with Crippen LogP contribution in [0.4, 0.5) is 0 Å². The van der Waals surface area contributed by atoms with Gasteiger partial charge in [0.1, 0.15) is 5.82 Å². The minimum absolute atomic E-state index is 0.0633. The summed E-state index contributed by atoms with van der Waals surface area (Å²) in [6, 6.07) is 0. The van der Waals surface area contributed by atoms with Crippen LogP contribution in [0, 0.1) is 5.92 Å². The molecule has 0 bridgehead atoms. The average molecular weight is 399 g/mol. The third kappa shape index (κ3) is 3.97. The summed E-state index contributed by atoms with van der Waals surface area (Å²) in [6.07, 6.45) is 4.85. The Kier molecular flexibility index (Phi) is 5.52. The van der Waals surface area contributed by atoms with Crippen molar-refractivity contribution in [3.05, 3.63) is 23.3 Å². The molecule has 3 amide bonds. The lowest BCUT2D eigenvalue weighted by Gasteiger charge is -2.33. The lowest BCUT2D eigenvalue weighted by Crippen LogP contribution is -2.41. The van der Waals surface area contributed by atoms with Crippen molar-refractivity contribution in [1.82, 2.24) is 24.7 Å². The first-order valence-corrected chi connectivity index (χ1v) is 10.6.